The number of carbonyl (C=O) groups is 2. The number of amides is 1. The third-order valence-electron chi connectivity index (χ3n) is 6.36. The van der Waals surface area contributed by atoms with E-state index in [0.717, 1.165) is 49.7 Å². The van der Waals surface area contributed by atoms with Gasteiger partial charge in [-0.05, 0) is 39.3 Å². The van der Waals surface area contributed by atoms with Crippen molar-refractivity contribution >= 4 is 23.3 Å². The normalized spacial score (nSPS) is 18.4. The average Bonchev–Trinajstić information content (AvgIpc) is 3.50. The summed E-state index contributed by atoms with van der Waals surface area (Å²) >= 11 is 0. The number of benzene rings is 1. The zero-order chi connectivity index (χ0) is 26.6. The number of carbonyl (C=O) groups excluding carboxylic acids is 1. The summed E-state index contributed by atoms with van der Waals surface area (Å²) in [4.78, 5) is 31.2. The number of halogens is 3. The minimum atomic E-state index is -5.08. The molecule has 2 aliphatic rings. The van der Waals surface area contributed by atoms with Gasteiger partial charge in [-0.15, -0.1) is 0 Å². The molecule has 2 N–H and O–H groups in total. The number of fused-ring (bicyclic) bond motifs is 1. The van der Waals surface area contributed by atoms with Gasteiger partial charge in [-0.3, -0.25) is 4.79 Å². The van der Waals surface area contributed by atoms with Crippen LogP contribution in [0.2, 0.25) is 0 Å². The fourth-order valence-electron chi connectivity index (χ4n) is 4.49. The second-order valence-corrected chi connectivity index (χ2v) is 9.24. The molecule has 198 valence electrons. The van der Waals surface area contributed by atoms with Crippen molar-refractivity contribution in [3.05, 3.63) is 48.2 Å². The molecule has 12 heteroatoms. The Bertz CT molecular complexity index is 1240. The van der Waals surface area contributed by atoms with Gasteiger partial charge >= 0.3 is 12.1 Å². The molecule has 5 rings (SSSR count). The van der Waals surface area contributed by atoms with E-state index in [2.05, 4.69) is 45.5 Å². The molecule has 9 nitrogen and oxygen atoms in total. The Morgan fingerprint density at radius 1 is 1.05 bits per heavy atom. The van der Waals surface area contributed by atoms with E-state index in [1.165, 1.54) is 19.3 Å². The molecule has 0 spiro atoms. The molecule has 2 aliphatic heterocycles. The first kappa shape index (κ1) is 26.4. The lowest BCUT2D eigenvalue weighted by molar-refractivity contribution is -0.192. The lowest BCUT2D eigenvalue weighted by Gasteiger charge is -2.29. The minimum absolute atomic E-state index is 0.119. The number of hydrogen-bond acceptors (Lipinski definition) is 6. The molecule has 1 atom stereocenters. The van der Waals surface area contributed by atoms with Crippen LogP contribution in [0.5, 0.6) is 0 Å². The zero-order valence-corrected chi connectivity index (χ0v) is 20.4. The Hall–Kier alpha value is -3.67. The van der Waals surface area contributed by atoms with Crippen LogP contribution < -0.4 is 10.2 Å². The van der Waals surface area contributed by atoms with Crippen molar-refractivity contribution in [2.24, 2.45) is 0 Å². The highest BCUT2D eigenvalue weighted by Crippen LogP contribution is 2.27. The van der Waals surface area contributed by atoms with Crippen molar-refractivity contribution in [2.75, 3.05) is 38.1 Å². The molecule has 37 heavy (non-hydrogen) atoms. The van der Waals surface area contributed by atoms with Crippen LogP contribution in [0.1, 0.15) is 36.2 Å². The summed E-state index contributed by atoms with van der Waals surface area (Å²) in [6.07, 6.45) is -0.494. The molecule has 2 saturated heterocycles. The summed E-state index contributed by atoms with van der Waals surface area (Å²) in [5.74, 6) is -1.86. The molecule has 4 heterocycles. The van der Waals surface area contributed by atoms with Crippen LogP contribution in [0, 0.1) is 0 Å². The number of likely N-dealkylation sites (tertiary alicyclic amines) is 1. The number of nitrogens with one attached hydrogen (secondary N) is 1. The molecule has 2 fully saturated rings. The zero-order valence-electron chi connectivity index (χ0n) is 20.4. The van der Waals surface area contributed by atoms with E-state index in [9.17, 15) is 18.0 Å². The first-order valence-corrected chi connectivity index (χ1v) is 12.1. The predicted molar refractivity (Wildman–Crippen MR) is 132 cm³/mol. The van der Waals surface area contributed by atoms with Crippen LogP contribution in [-0.4, -0.2) is 81.9 Å². The van der Waals surface area contributed by atoms with Gasteiger partial charge in [0.1, 0.15) is 5.82 Å². The highest BCUT2D eigenvalue weighted by molar-refractivity contribution is 5.93. The summed E-state index contributed by atoms with van der Waals surface area (Å²) in [5, 5.41) is 14.9. The summed E-state index contributed by atoms with van der Waals surface area (Å²) in [6.45, 7) is 3.90. The molecule has 0 unspecified atom stereocenters. The second kappa shape index (κ2) is 11.2. The van der Waals surface area contributed by atoms with E-state index in [0.29, 0.717) is 11.3 Å². The molecular formula is C25H29F3N6O3. The van der Waals surface area contributed by atoms with Crippen LogP contribution >= 0.6 is 0 Å². The molecule has 0 aliphatic carbocycles. The molecule has 1 aromatic carbocycles. The third-order valence-corrected chi connectivity index (χ3v) is 6.36. The van der Waals surface area contributed by atoms with Crippen molar-refractivity contribution in [3.8, 4) is 11.3 Å². The van der Waals surface area contributed by atoms with E-state index >= 15 is 0 Å². The summed E-state index contributed by atoms with van der Waals surface area (Å²) in [6, 6.07) is 14.3. The smallest absolute Gasteiger partial charge is 0.475 e. The van der Waals surface area contributed by atoms with Gasteiger partial charge in [0, 0.05) is 43.4 Å². The van der Waals surface area contributed by atoms with Gasteiger partial charge < -0.3 is 20.2 Å². The Labute approximate surface area is 211 Å². The van der Waals surface area contributed by atoms with Crippen molar-refractivity contribution in [1.29, 1.82) is 0 Å². The van der Waals surface area contributed by atoms with Crippen molar-refractivity contribution in [3.63, 3.8) is 0 Å². The maximum Gasteiger partial charge on any atom is 0.490 e. The highest BCUT2D eigenvalue weighted by Gasteiger charge is 2.38. The molecule has 0 bridgehead atoms. The summed E-state index contributed by atoms with van der Waals surface area (Å²) in [5.41, 5.74) is 3.12. The van der Waals surface area contributed by atoms with Gasteiger partial charge in [0.25, 0.3) is 5.91 Å². The van der Waals surface area contributed by atoms with Crippen LogP contribution in [-0.2, 0) is 4.79 Å². The van der Waals surface area contributed by atoms with E-state index in [4.69, 9.17) is 14.9 Å². The van der Waals surface area contributed by atoms with Crippen molar-refractivity contribution in [2.45, 2.75) is 37.9 Å². The third kappa shape index (κ3) is 6.56. The van der Waals surface area contributed by atoms with Crippen LogP contribution in [0.3, 0.4) is 0 Å². The SMILES string of the molecule is CN1CC[C@H](NC(=O)c2cc3nc(-c4ccccc4)cc(N4CCCCC4)n3n2)C1.O=C(O)C(F)(F)F. The monoisotopic (exact) mass is 518 g/mol. The van der Waals surface area contributed by atoms with E-state index in [1.807, 2.05) is 28.8 Å². The fourth-order valence-corrected chi connectivity index (χ4v) is 4.49. The van der Waals surface area contributed by atoms with Gasteiger partial charge in [0.2, 0.25) is 0 Å². The molecule has 0 saturated carbocycles. The lowest BCUT2D eigenvalue weighted by atomic mass is 10.1. The maximum atomic E-state index is 12.9. The number of alkyl halides is 3. The highest BCUT2D eigenvalue weighted by atomic mass is 19.4. The lowest BCUT2D eigenvalue weighted by Crippen LogP contribution is -2.36. The summed E-state index contributed by atoms with van der Waals surface area (Å²) < 4.78 is 33.6. The van der Waals surface area contributed by atoms with Gasteiger partial charge in [-0.1, -0.05) is 30.3 Å². The minimum Gasteiger partial charge on any atom is -0.475 e. The van der Waals surface area contributed by atoms with Crippen LogP contribution in [0.15, 0.2) is 42.5 Å². The number of piperidine rings is 1. The predicted octanol–water partition coefficient (Wildman–Crippen LogP) is 3.45. The number of nitrogens with zero attached hydrogens (tertiary/aromatic N) is 5. The molecule has 0 radical (unpaired) electrons. The van der Waals surface area contributed by atoms with Crippen molar-refractivity contribution < 1.29 is 27.9 Å². The standard InChI is InChI=1S/C23H28N6O.C2HF3O2/c1-27-13-10-18(16-27)24-23(30)20-14-21-25-19(17-8-4-2-5-9-17)15-22(29(21)26-20)28-11-6-3-7-12-28;3-2(4,5)1(6)7/h2,4-5,8-9,14-15,18H,3,6-7,10-13,16H2,1H3,(H,24,30);(H,6,7)/t18-;/m0./s1. The molecule has 2 aromatic heterocycles. The number of likely N-dealkylation sites (N-methyl/N-ethyl adjacent to an activating group) is 1. The maximum absolute atomic E-state index is 12.9. The van der Waals surface area contributed by atoms with Gasteiger partial charge in [-0.25, -0.2) is 9.78 Å². The number of aromatic nitrogens is 3. The van der Waals surface area contributed by atoms with Crippen LogP contribution in [0.25, 0.3) is 16.9 Å². The number of hydrogen-bond donors (Lipinski definition) is 2. The largest absolute Gasteiger partial charge is 0.490 e. The van der Waals surface area contributed by atoms with Gasteiger partial charge in [-0.2, -0.15) is 22.8 Å². The second-order valence-electron chi connectivity index (χ2n) is 9.24. The Morgan fingerprint density at radius 2 is 1.73 bits per heavy atom. The Morgan fingerprint density at radius 3 is 2.32 bits per heavy atom. The quantitative estimate of drug-likeness (QED) is 0.545. The number of carboxylic acids is 1. The number of anilines is 1. The fraction of sp³-hybridized carbons (Fsp3) is 0.440. The number of carboxylic acid groups (broad SMARTS) is 1. The van der Waals surface area contributed by atoms with Gasteiger partial charge in [0.15, 0.2) is 11.3 Å². The molecule has 1 amide bonds. The molecule has 3 aromatic rings. The van der Waals surface area contributed by atoms with E-state index < -0.39 is 12.1 Å². The van der Waals surface area contributed by atoms with Gasteiger partial charge in [0.05, 0.1) is 5.69 Å². The Kier molecular flexibility index (Phi) is 7.96. The first-order chi connectivity index (χ1) is 17.6. The van der Waals surface area contributed by atoms with Crippen molar-refractivity contribution in [1.82, 2.24) is 24.8 Å². The van der Waals surface area contributed by atoms with E-state index in [-0.39, 0.29) is 11.9 Å². The number of rotatable bonds is 4. The average molecular weight is 519 g/mol. The molecular weight excluding hydrogens is 489 g/mol. The van der Waals surface area contributed by atoms with Crippen LogP contribution in [0.4, 0.5) is 19.0 Å². The van der Waals surface area contributed by atoms with E-state index in [1.54, 1.807) is 0 Å². The Balaban J connectivity index is 0.000000405. The topological polar surface area (TPSA) is 103 Å². The number of aliphatic carboxylic acids is 1. The first-order valence-electron chi connectivity index (χ1n) is 12.1. The summed E-state index contributed by atoms with van der Waals surface area (Å²) in [7, 11) is 2.08.